The van der Waals surface area contributed by atoms with Crippen LogP contribution in [0.2, 0.25) is 0 Å². The van der Waals surface area contributed by atoms with Gasteiger partial charge in [0.15, 0.2) is 0 Å². The van der Waals surface area contributed by atoms with Crippen LogP contribution in [0.25, 0.3) is 0 Å². The van der Waals surface area contributed by atoms with Gasteiger partial charge in [0, 0.05) is 44.4 Å². The molecule has 1 aromatic carbocycles. The molecule has 1 aromatic rings. The molecule has 4 heteroatoms. The third kappa shape index (κ3) is 4.31. The van der Waals surface area contributed by atoms with Crippen molar-refractivity contribution in [3.8, 4) is 11.8 Å². The molecule has 19 heavy (non-hydrogen) atoms. The lowest BCUT2D eigenvalue weighted by atomic mass is 10.2. The number of benzene rings is 1. The molecule has 1 aliphatic rings. The van der Waals surface area contributed by atoms with Gasteiger partial charge < -0.3 is 15.5 Å². The first-order valence-corrected chi connectivity index (χ1v) is 6.55. The molecule has 1 amide bonds. The molecule has 0 unspecified atom stereocenters. The molecule has 1 heterocycles. The van der Waals surface area contributed by atoms with Crippen molar-refractivity contribution >= 4 is 11.6 Å². The Balaban J connectivity index is 1.92. The van der Waals surface area contributed by atoms with Crippen LogP contribution in [0.15, 0.2) is 24.3 Å². The van der Waals surface area contributed by atoms with E-state index in [2.05, 4.69) is 39.5 Å². The molecule has 1 fully saturated rings. The Bertz CT molecular complexity index is 478. The van der Waals surface area contributed by atoms with Crippen LogP contribution in [0.1, 0.15) is 12.5 Å². The highest BCUT2D eigenvalue weighted by Gasteiger charge is 2.09. The summed E-state index contributed by atoms with van der Waals surface area (Å²) in [5.41, 5.74) is 2.22. The Morgan fingerprint density at radius 2 is 2.00 bits per heavy atom. The molecular weight excluding hydrogens is 238 g/mol. The molecule has 0 aromatic heterocycles. The van der Waals surface area contributed by atoms with Crippen molar-refractivity contribution in [2.75, 3.05) is 37.6 Å². The highest BCUT2D eigenvalue weighted by molar-refractivity contribution is 5.73. The summed E-state index contributed by atoms with van der Waals surface area (Å²) in [6, 6.07) is 8.26. The molecule has 0 atom stereocenters. The summed E-state index contributed by atoms with van der Waals surface area (Å²) >= 11 is 0. The molecule has 100 valence electrons. The maximum Gasteiger partial charge on any atom is 0.217 e. The van der Waals surface area contributed by atoms with Crippen LogP contribution >= 0.6 is 0 Å². The number of nitrogens with zero attached hydrogens (tertiary/aromatic N) is 1. The van der Waals surface area contributed by atoms with Crippen molar-refractivity contribution in [1.82, 2.24) is 10.6 Å². The van der Waals surface area contributed by atoms with Crippen molar-refractivity contribution in [3.05, 3.63) is 29.8 Å². The van der Waals surface area contributed by atoms with E-state index in [9.17, 15) is 4.79 Å². The highest BCUT2D eigenvalue weighted by Crippen LogP contribution is 2.15. The lowest BCUT2D eigenvalue weighted by Crippen LogP contribution is -2.43. The van der Waals surface area contributed by atoms with Gasteiger partial charge in [-0.3, -0.25) is 4.79 Å². The number of piperazine rings is 1. The van der Waals surface area contributed by atoms with Crippen molar-refractivity contribution in [1.29, 1.82) is 0 Å². The van der Waals surface area contributed by atoms with Crippen LogP contribution in [0.3, 0.4) is 0 Å². The smallest absolute Gasteiger partial charge is 0.217 e. The summed E-state index contributed by atoms with van der Waals surface area (Å²) in [4.78, 5) is 13.1. The van der Waals surface area contributed by atoms with Crippen molar-refractivity contribution in [2.45, 2.75) is 6.92 Å². The first-order valence-electron chi connectivity index (χ1n) is 6.55. The molecule has 2 N–H and O–H groups in total. The monoisotopic (exact) mass is 257 g/mol. The highest BCUT2D eigenvalue weighted by atomic mass is 16.1. The van der Waals surface area contributed by atoms with Gasteiger partial charge in [-0.15, -0.1) is 0 Å². The van der Waals surface area contributed by atoms with Crippen LogP contribution in [-0.2, 0) is 4.79 Å². The van der Waals surface area contributed by atoms with E-state index in [0.717, 1.165) is 31.7 Å². The number of anilines is 1. The number of carbonyl (C=O) groups excluding carboxylic acids is 1. The second-order valence-electron chi connectivity index (χ2n) is 4.50. The van der Waals surface area contributed by atoms with Crippen molar-refractivity contribution in [2.24, 2.45) is 0 Å². The average molecular weight is 257 g/mol. The van der Waals surface area contributed by atoms with Gasteiger partial charge >= 0.3 is 0 Å². The molecular formula is C15H19N3O. The number of carbonyl (C=O) groups is 1. The van der Waals surface area contributed by atoms with E-state index in [1.165, 1.54) is 12.6 Å². The Labute approximate surface area is 114 Å². The largest absolute Gasteiger partial charge is 0.369 e. The fourth-order valence-corrected chi connectivity index (χ4v) is 1.99. The quantitative estimate of drug-likeness (QED) is 0.762. The van der Waals surface area contributed by atoms with Gasteiger partial charge in [0.05, 0.1) is 6.54 Å². The Morgan fingerprint density at radius 1 is 1.32 bits per heavy atom. The van der Waals surface area contributed by atoms with Crippen LogP contribution < -0.4 is 15.5 Å². The maximum absolute atomic E-state index is 10.7. The Kier molecular flexibility index (Phi) is 4.82. The van der Waals surface area contributed by atoms with E-state index in [4.69, 9.17) is 0 Å². The molecule has 0 saturated carbocycles. The van der Waals surface area contributed by atoms with Crippen molar-refractivity contribution < 1.29 is 4.79 Å². The summed E-state index contributed by atoms with van der Waals surface area (Å²) < 4.78 is 0. The van der Waals surface area contributed by atoms with Gasteiger partial charge in [0.25, 0.3) is 0 Å². The standard InChI is InChI=1S/C15H19N3O/c1-13(19)17-8-2-3-14-4-6-15(7-5-14)18-11-9-16-10-12-18/h4-7,16H,8-12H2,1H3,(H,17,19). The minimum atomic E-state index is -0.0524. The van der Waals surface area contributed by atoms with Crippen LogP contribution in [0.5, 0.6) is 0 Å². The summed E-state index contributed by atoms with van der Waals surface area (Å²) in [6.45, 7) is 6.07. The molecule has 2 rings (SSSR count). The van der Waals surface area contributed by atoms with Crippen molar-refractivity contribution in [3.63, 3.8) is 0 Å². The van der Waals surface area contributed by atoms with E-state index in [1.807, 2.05) is 12.1 Å². The summed E-state index contributed by atoms with van der Waals surface area (Å²) in [5.74, 6) is 5.91. The lowest BCUT2D eigenvalue weighted by molar-refractivity contribution is -0.118. The third-order valence-electron chi connectivity index (χ3n) is 3.01. The normalized spacial score (nSPS) is 14.5. The first-order chi connectivity index (χ1) is 9.25. The van der Waals surface area contributed by atoms with Crippen LogP contribution in [0, 0.1) is 11.8 Å². The Morgan fingerprint density at radius 3 is 2.63 bits per heavy atom. The average Bonchev–Trinajstić information content (AvgIpc) is 2.45. The summed E-state index contributed by atoms with van der Waals surface area (Å²) in [7, 11) is 0. The number of hydrogen-bond donors (Lipinski definition) is 2. The minimum absolute atomic E-state index is 0.0524. The SMILES string of the molecule is CC(=O)NCC#Cc1ccc(N2CCNCC2)cc1. The molecule has 0 spiro atoms. The fraction of sp³-hybridized carbons (Fsp3) is 0.400. The maximum atomic E-state index is 10.7. The number of rotatable bonds is 2. The van der Waals surface area contributed by atoms with E-state index < -0.39 is 0 Å². The second-order valence-corrected chi connectivity index (χ2v) is 4.50. The van der Waals surface area contributed by atoms with Crippen LogP contribution in [-0.4, -0.2) is 38.6 Å². The first kappa shape index (κ1) is 13.4. The molecule has 0 radical (unpaired) electrons. The lowest BCUT2D eigenvalue weighted by Gasteiger charge is -2.29. The van der Waals surface area contributed by atoms with Gasteiger partial charge in [-0.2, -0.15) is 0 Å². The zero-order valence-corrected chi connectivity index (χ0v) is 11.2. The van der Waals surface area contributed by atoms with Gasteiger partial charge in [0.2, 0.25) is 5.91 Å². The number of amides is 1. The molecule has 0 bridgehead atoms. The third-order valence-corrected chi connectivity index (χ3v) is 3.01. The summed E-state index contributed by atoms with van der Waals surface area (Å²) in [5, 5.41) is 5.99. The molecule has 0 aliphatic carbocycles. The van der Waals surface area contributed by atoms with E-state index in [1.54, 1.807) is 0 Å². The van der Waals surface area contributed by atoms with E-state index in [0.29, 0.717) is 6.54 Å². The zero-order chi connectivity index (χ0) is 13.5. The van der Waals surface area contributed by atoms with Gasteiger partial charge in [-0.25, -0.2) is 0 Å². The van der Waals surface area contributed by atoms with Gasteiger partial charge in [0.1, 0.15) is 0 Å². The molecule has 1 aliphatic heterocycles. The number of hydrogen-bond acceptors (Lipinski definition) is 3. The molecule has 1 saturated heterocycles. The van der Waals surface area contributed by atoms with Gasteiger partial charge in [-0.05, 0) is 24.3 Å². The van der Waals surface area contributed by atoms with E-state index in [-0.39, 0.29) is 5.91 Å². The minimum Gasteiger partial charge on any atom is -0.369 e. The predicted molar refractivity (Wildman–Crippen MR) is 77.1 cm³/mol. The topological polar surface area (TPSA) is 44.4 Å². The van der Waals surface area contributed by atoms with E-state index >= 15 is 0 Å². The number of nitrogens with one attached hydrogen (secondary N) is 2. The zero-order valence-electron chi connectivity index (χ0n) is 11.2. The predicted octanol–water partition coefficient (Wildman–Crippen LogP) is 0.584. The van der Waals surface area contributed by atoms with Crippen LogP contribution in [0.4, 0.5) is 5.69 Å². The fourth-order valence-electron chi connectivity index (χ4n) is 1.99. The summed E-state index contributed by atoms with van der Waals surface area (Å²) in [6.07, 6.45) is 0. The van der Waals surface area contributed by atoms with Gasteiger partial charge in [-0.1, -0.05) is 11.8 Å². The molecule has 4 nitrogen and oxygen atoms in total. The Hall–Kier alpha value is -1.99. The second kappa shape index (κ2) is 6.81.